The first-order valence-corrected chi connectivity index (χ1v) is 10.0. The molecular formula is C23H26FN3O3. The zero-order valence-electron chi connectivity index (χ0n) is 17.4. The number of carbonyl (C=O) groups excluding carboxylic acids is 1. The van der Waals surface area contributed by atoms with Crippen molar-refractivity contribution in [3.8, 4) is 23.1 Å². The monoisotopic (exact) mass is 411 g/mol. The number of benzene rings is 2. The lowest BCUT2D eigenvalue weighted by Gasteiger charge is -2.12. The molecule has 7 heteroatoms. The maximum Gasteiger partial charge on any atom is 0.226 e. The highest BCUT2D eigenvalue weighted by Crippen LogP contribution is 2.32. The molecule has 3 rings (SSSR count). The maximum atomic E-state index is 13.3. The summed E-state index contributed by atoms with van der Waals surface area (Å²) in [4.78, 5) is 12.0. The fourth-order valence-electron chi connectivity index (χ4n) is 3.15. The van der Waals surface area contributed by atoms with Gasteiger partial charge in [0.05, 0.1) is 18.5 Å². The van der Waals surface area contributed by atoms with Gasteiger partial charge in [0.2, 0.25) is 11.8 Å². The Kier molecular flexibility index (Phi) is 7.06. The van der Waals surface area contributed by atoms with Crippen LogP contribution in [0.15, 0.2) is 48.5 Å². The fourth-order valence-corrected chi connectivity index (χ4v) is 3.15. The van der Waals surface area contributed by atoms with Crippen molar-refractivity contribution < 1.29 is 18.7 Å². The number of hydrogen-bond acceptors (Lipinski definition) is 4. The van der Waals surface area contributed by atoms with Crippen molar-refractivity contribution in [3.63, 3.8) is 0 Å². The van der Waals surface area contributed by atoms with Gasteiger partial charge >= 0.3 is 0 Å². The summed E-state index contributed by atoms with van der Waals surface area (Å²) in [6.07, 6.45) is 1.50. The molecule has 30 heavy (non-hydrogen) atoms. The normalized spacial score (nSPS) is 10.7. The zero-order valence-corrected chi connectivity index (χ0v) is 17.4. The lowest BCUT2D eigenvalue weighted by molar-refractivity contribution is -0.120. The lowest BCUT2D eigenvalue weighted by atomic mass is 10.1. The van der Waals surface area contributed by atoms with Crippen LogP contribution in [0.2, 0.25) is 0 Å². The molecule has 0 fully saturated rings. The third kappa shape index (κ3) is 4.97. The van der Waals surface area contributed by atoms with Gasteiger partial charge in [-0.05, 0) is 68.3 Å². The number of aromatic nitrogens is 2. The molecular weight excluding hydrogens is 385 g/mol. The molecule has 1 N–H and O–H groups in total. The highest BCUT2D eigenvalue weighted by atomic mass is 19.1. The van der Waals surface area contributed by atoms with E-state index in [0.717, 1.165) is 22.7 Å². The van der Waals surface area contributed by atoms with E-state index in [0.29, 0.717) is 37.4 Å². The molecule has 1 heterocycles. The van der Waals surface area contributed by atoms with E-state index in [2.05, 4.69) is 5.32 Å². The van der Waals surface area contributed by atoms with Crippen LogP contribution in [-0.4, -0.2) is 29.3 Å². The minimum absolute atomic E-state index is 0.0236. The van der Waals surface area contributed by atoms with Gasteiger partial charge in [0.1, 0.15) is 17.3 Å². The van der Waals surface area contributed by atoms with Crippen LogP contribution in [0.1, 0.15) is 31.5 Å². The minimum Gasteiger partial charge on any atom is -0.497 e. The molecule has 0 bridgehead atoms. The van der Waals surface area contributed by atoms with E-state index < -0.39 is 0 Å². The molecule has 0 saturated heterocycles. The van der Waals surface area contributed by atoms with E-state index in [-0.39, 0.29) is 11.7 Å². The third-order valence-corrected chi connectivity index (χ3v) is 4.68. The second-order valence-electron chi connectivity index (χ2n) is 6.70. The van der Waals surface area contributed by atoms with Crippen LogP contribution in [-0.2, 0) is 17.6 Å². The Hall–Kier alpha value is -3.35. The maximum absolute atomic E-state index is 13.3. The average molecular weight is 411 g/mol. The molecule has 0 aliphatic heterocycles. The van der Waals surface area contributed by atoms with Gasteiger partial charge < -0.3 is 14.8 Å². The SMILES string of the molecule is CCNC(=O)CCc1c(CC)nn(-c2ccc(OC)cc2)c1Oc1ccc(F)cc1. The number of nitrogens with one attached hydrogen (secondary N) is 1. The molecule has 0 aliphatic rings. The molecule has 0 aliphatic carbocycles. The first-order chi connectivity index (χ1) is 14.5. The molecule has 158 valence electrons. The van der Waals surface area contributed by atoms with Crippen molar-refractivity contribution in [2.45, 2.75) is 33.1 Å². The van der Waals surface area contributed by atoms with Crippen LogP contribution in [0, 0.1) is 5.82 Å². The summed E-state index contributed by atoms with van der Waals surface area (Å²) in [6.45, 7) is 4.49. The van der Waals surface area contributed by atoms with E-state index in [4.69, 9.17) is 14.6 Å². The van der Waals surface area contributed by atoms with E-state index in [1.165, 1.54) is 12.1 Å². The number of carbonyl (C=O) groups is 1. The number of methoxy groups -OCH3 is 1. The quantitative estimate of drug-likeness (QED) is 0.565. The Labute approximate surface area is 175 Å². The Balaban J connectivity index is 2.02. The molecule has 0 unspecified atom stereocenters. The molecule has 0 atom stereocenters. The predicted octanol–water partition coefficient (Wildman–Crippen LogP) is 4.44. The summed E-state index contributed by atoms with van der Waals surface area (Å²) in [6, 6.07) is 13.3. The fraction of sp³-hybridized carbons (Fsp3) is 0.304. The number of aryl methyl sites for hydroxylation is 1. The summed E-state index contributed by atoms with van der Waals surface area (Å²) >= 11 is 0. The Morgan fingerprint density at radius 3 is 2.33 bits per heavy atom. The van der Waals surface area contributed by atoms with Crippen LogP contribution in [0.4, 0.5) is 4.39 Å². The third-order valence-electron chi connectivity index (χ3n) is 4.68. The molecule has 3 aromatic rings. The number of amides is 1. The highest BCUT2D eigenvalue weighted by Gasteiger charge is 2.21. The standard InChI is InChI=1S/C23H26FN3O3/c1-4-21-20(14-15-22(28)25-5-2)23(30-19-10-6-16(24)7-11-19)27(26-21)17-8-12-18(29-3)13-9-17/h6-13H,4-5,14-15H2,1-3H3,(H,25,28). The molecule has 2 aromatic carbocycles. The van der Waals surface area contributed by atoms with Crippen molar-refractivity contribution in [2.24, 2.45) is 0 Å². The van der Waals surface area contributed by atoms with E-state index in [9.17, 15) is 9.18 Å². The first kappa shape index (κ1) is 21.4. The van der Waals surface area contributed by atoms with Gasteiger partial charge in [0.25, 0.3) is 0 Å². The summed E-state index contributed by atoms with van der Waals surface area (Å²) in [7, 11) is 1.61. The van der Waals surface area contributed by atoms with Gasteiger partial charge in [-0.25, -0.2) is 9.07 Å². The highest BCUT2D eigenvalue weighted by molar-refractivity contribution is 5.76. The van der Waals surface area contributed by atoms with Crippen molar-refractivity contribution >= 4 is 5.91 Å². The molecule has 6 nitrogen and oxygen atoms in total. The van der Waals surface area contributed by atoms with Crippen LogP contribution in [0.5, 0.6) is 17.4 Å². The number of nitrogens with zero attached hydrogens (tertiary/aromatic N) is 2. The van der Waals surface area contributed by atoms with Gasteiger partial charge in [-0.15, -0.1) is 0 Å². The van der Waals surface area contributed by atoms with Crippen LogP contribution in [0.25, 0.3) is 5.69 Å². The van der Waals surface area contributed by atoms with Crippen LogP contribution < -0.4 is 14.8 Å². The largest absolute Gasteiger partial charge is 0.497 e. The number of ether oxygens (including phenoxy) is 2. The summed E-state index contributed by atoms with van der Waals surface area (Å²) < 4.78 is 26.4. The molecule has 0 saturated carbocycles. The topological polar surface area (TPSA) is 65.4 Å². The van der Waals surface area contributed by atoms with E-state index in [1.807, 2.05) is 38.1 Å². The molecule has 1 aromatic heterocycles. The number of rotatable bonds is 9. The first-order valence-electron chi connectivity index (χ1n) is 10.0. The Morgan fingerprint density at radius 2 is 1.73 bits per heavy atom. The second kappa shape index (κ2) is 9.91. The van der Waals surface area contributed by atoms with Gasteiger partial charge in [-0.1, -0.05) is 6.92 Å². The Bertz CT molecular complexity index is 982. The summed E-state index contributed by atoms with van der Waals surface area (Å²) in [5, 5.41) is 7.55. The average Bonchev–Trinajstić information content (AvgIpc) is 3.11. The van der Waals surface area contributed by atoms with Crippen molar-refractivity contribution in [1.29, 1.82) is 0 Å². The second-order valence-corrected chi connectivity index (χ2v) is 6.70. The van der Waals surface area contributed by atoms with Crippen molar-refractivity contribution in [2.75, 3.05) is 13.7 Å². The van der Waals surface area contributed by atoms with Gasteiger partial charge in [-0.2, -0.15) is 5.10 Å². The van der Waals surface area contributed by atoms with Gasteiger partial charge in [0, 0.05) is 18.5 Å². The molecule has 1 amide bonds. The molecule has 0 spiro atoms. The number of hydrogen-bond donors (Lipinski definition) is 1. The van der Waals surface area contributed by atoms with Gasteiger partial charge in [-0.3, -0.25) is 4.79 Å². The summed E-state index contributed by atoms with van der Waals surface area (Å²) in [5.41, 5.74) is 2.52. The van der Waals surface area contributed by atoms with Crippen LogP contribution >= 0.6 is 0 Å². The summed E-state index contributed by atoms with van der Waals surface area (Å²) in [5.74, 6) is 1.39. The zero-order chi connectivity index (χ0) is 21.5. The predicted molar refractivity (Wildman–Crippen MR) is 113 cm³/mol. The Morgan fingerprint density at radius 1 is 1.07 bits per heavy atom. The van der Waals surface area contributed by atoms with Crippen molar-refractivity contribution in [3.05, 3.63) is 65.6 Å². The van der Waals surface area contributed by atoms with Gasteiger partial charge in [0.15, 0.2) is 0 Å². The number of halogens is 1. The molecule has 0 radical (unpaired) electrons. The smallest absolute Gasteiger partial charge is 0.226 e. The van der Waals surface area contributed by atoms with E-state index in [1.54, 1.807) is 23.9 Å². The lowest BCUT2D eigenvalue weighted by Crippen LogP contribution is -2.22. The van der Waals surface area contributed by atoms with E-state index >= 15 is 0 Å². The minimum atomic E-state index is -0.336. The van der Waals surface area contributed by atoms with Crippen molar-refractivity contribution in [1.82, 2.24) is 15.1 Å². The van der Waals surface area contributed by atoms with Crippen LogP contribution in [0.3, 0.4) is 0 Å².